The Morgan fingerprint density at radius 2 is 2.39 bits per heavy atom. The average Bonchev–Trinajstić information content (AvgIpc) is 2.95. The van der Waals surface area contributed by atoms with Crippen LogP contribution in [0.4, 0.5) is 0 Å². The summed E-state index contributed by atoms with van der Waals surface area (Å²) in [5.74, 6) is 0.105. The number of ether oxygens (including phenoxy) is 1. The van der Waals surface area contributed by atoms with Gasteiger partial charge >= 0.3 is 0 Å². The van der Waals surface area contributed by atoms with Gasteiger partial charge in [-0.05, 0) is 34.8 Å². The predicted octanol–water partition coefficient (Wildman–Crippen LogP) is 2.52. The molecule has 2 heterocycles. The van der Waals surface area contributed by atoms with Crippen LogP contribution in [-0.4, -0.2) is 41.7 Å². The Morgan fingerprint density at radius 3 is 3.00 bits per heavy atom. The van der Waals surface area contributed by atoms with Gasteiger partial charge in [-0.25, -0.2) is 0 Å². The van der Waals surface area contributed by atoms with Crippen LogP contribution in [0.2, 0.25) is 0 Å². The molecule has 0 bridgehead atoms. The minimum absolute atomic E-state index is 0.105. The van der Waals surface area contributed by atoms with E-state index in [0.717, 1.165) is 36.1 Å². The molecule has 18 heavy (non-hydrogen) atoms. The second kappa shape index (κ2) is 5.89. The van der Waals surface area contributed by atoms with Crippen LogP contribution in [0, 0.1) is 0 Å². The van der Waals surface area contributed by atoms with Crippen molar-refractivity contribution in [1.29, 1.82) is 0 Å². The Balaban J connectivity index is 2.13. The molecule has 1 amide bonds. The van der Waals surface area contributed by atoms with Gasteiger partial charge in [-0.1, -0.05) is 6.92 Å². The maximum Gasteiger partial charge on any atom is 0.270 e. The van der Waals surface area contributed by atoms with Crippen molar-refractivity contribution in [3.63, 3.8) is 0 Å². The van der Waals surface area contributed by atoms with Crippen molar-refractivity contribution in [2.45, 2.75) is 32.4 Å². The lowest BCUT2D eigenvalue weighted by Crippen LogP contribution is -2.31. The molecule has 4 nitrogen and oxygen atoms in total. The molecule has 0 radical (unpaired) electrons. The molecule has 2 rings (SSSR count). The fourth-order valence-electron chi connectivity index (χ4n) is 2.35. The van der Waals surface area contributed by atoms with Gasteiger partial charge in [0.15, 0.2) is 0 Å². The monoisotopic (exact) mass is 314 g/mol. The van der Waals surface area contributed by atoms with E-state index in [1.54, 1.807) is 7.11 Å². The first-order valence-corrected chi connectivity index (χ1v) is 7.12. The molecule has 1 aliphatic rings. The SMILES string of the molecule is CCCn1cc(Br)cc1C(=O)N1CCC(OC)C1. The lowest BCUT2D eigenvalue weighted by atomic mass is 10.3. The van der Waals surface area contributed by atoms with E-state index < -0.39 is 0 Å². The Bertz CT molecular complexity index is 431. The number of amides is 1. The van der Waals surface area contributed by atoms with Crippen molar-refractivity contribution >= 4 is 21.8 Å². The highest BCUT2D eigenvalue weighted by Crippen LogP contribution is 2.20. The summed E-state index contributed by atoms with van der Waals surface area (Å²) in [6, 6.07) is 1.90. The van der Waals surface area contributed by atoms with Gasteiger partial charge in [0.2, 0.25) is 0 Å². The van der Waals surface area contributed by atoms with Gasteiger partial charge in [0.25, 0.3) is 5.91 Å². The third kappa shape index (κ3) is 2.78. The minimum Gasteiger partial charge on any atom is -0.380 e. The fraction of sp³-hybridized carbons (Fsp3) is 0.615. The molecule has 1 atom stereocenters. The second-order valence-corrected chi connectivity index (χ2v) is 5.55. The van der Waals surface area contributed by atoms with Crippen LogP contribution in [0.1, 0.15) is 30.3 Å². The van der Waals surface area contributed by atoms with Crippen LogP contribution in [0.25, 0.3) is 0 Å². The van der Waals surface area contributed by atoms with Gasteiger partial charge in [-0.3, -0.25) is 4.79 Å². The van der Waals surface area contributed by atoms with Crippen molar-refractivity contribution in [2.24, 2.45) is 0 Å². The first kappa shape index (κ1) is 13.6. The number of likely N-dealkylation sites (tertiary alicyclic amines) is 1. The van der Waals surface area contributed by atoms with Gasteiger partial charge in [-0.2, -0.15) is 0 Å². The summed E-state index contributed by atoms with van der Waals surface area (Å²) in [6.45, 7) is 4.46. The van der Waals surface area contributed by atoms with E-state index in [0.29, 0.717) is 6.54 Å². The molecule has 1 unspecified atom stereocenters. The molecular weight excluding hydrogens is 296 g/mol. The first-order valence-electron chi connectivity index (χ1n) is 6.33. The molecule has 0 N–H and O–H groups in total. The molecule has 5 heteroatoms. The van der Waals surface area contributed by atoms with Crippen molar-refractivity contribution in [3.8, 4) is 0 Å². The summed E-state index contributed by atoms with van der Waals surface area (Å²) in [7, 11) is 1.70. The third-order valence-electron chi connectivity index (χ3n) is 3.31. The molecule has 100 valence electrons. The maximum absolute atomic E-state index is 12.4. The quantitative estimate of drug-likeness (QED) is 0.856. The Morgan fingerprint density at radius 1 is 1.61 bits per heavy atom. The van der Waals surface area contributed by atoms with Crippen LogP contribution in [0.3, 0.4) is 0 Å². The zero-order chi connectivity index (χ0) is 13.1. The van der Waals surface area contributed by atoms with Crippen LogP contribution in [-0.2, 0) is 11.3 Å². The summed E-state index contributed by atoms with van der Waals surface area (Å²) in [4.78, 5) is 14.3. The standard InChI is InChI=1S/C13H19BrN2O2/c1-3-5-15-8-10(14)7-12(15)13(17)16-6-4-11(9-16)18-2/h7-8,11H,3-6,9H2,1-2H3. The average molecular weight is 315 g/mol. The van der Waals surface area contributed by atoms with Crippen molar-refractivity contribution in [3.05, 3.63) is 22.4 Å². The molecule has 1 aromatic rings. The highest BCUT2D eigenvalue weighted by molar-refractivity contribution is 9.10. The summed E-state index contributed by atoms with van der Waals surface area (Å²) in [6.07, 6.45) is 4.10. The lowest BCUT2D eigenvalue weighted by molar-refractivity contribution is 0.0714. The van der Waals surface area contributed by atoms with E-state index in [1.807, 2.05) is 21.7 Å². The smallest absolute Gasteiger partial charge is 0.270 e. The summed E-state index contributed by atoms with van der Waals surface area (Å²) < 4.78 is 8.28. The number of methoxy groups -OCH3 is 1. The van der Waals surface area contributed by atoms with Crippen molar-refractivity contribution in [2.75, 3.05) is 20.2 Å². The molecule has 0 aromatic carbocycles. The lowest BCUT2D eigenvalue weighted by Gasteiger charge is -2.17. The number of aromatic nitrogens is 1. The predicted molar refractivity (Wildman–Crippen MR) is 73.7 cm³/mol. The zero-order valence-corrected chi connectivity index (χ0v) is 12.4. The van der Waals surface area contributed by atoms with Crippen LogP contribution in [0.5, 0.6) is 0 Å². The molecule has 1 saturated heterocycles. The Kier molecular flexibility index (Phi) is 4.45. The van der Waals surface area contributed by atoms with Crippen molar-refractivity contribution in [1.82, 2.24) is 9.47 Å². The van der Waals surface area contributed by atoms with E-state index in [-0.39, 0.29) is 12.0 Å². The highest BCUT2D eigenvalue weighted by Gasteiger charge is 2.28. The molecule has 0 aliphatic carbocycles. The number of rotatable bonds is 4. The minimum atomic E-state index is 0.105. The number of carbonyl (C=O) groups excluding carboxylic acids is 1. The molecule has 1 aromatic heterocycles. The normalized spacial score (nSPS) is 19.5. The van der Waals surface area contributed by atoms with E-state index in [2.05, 4.69) is 22.9 Å². The number of carbonyl (C=O) groups is 1. The number of hydrogen-bond acceptors (Lipinski definition) is 2. The van der Waals surface area contributed by atoms with Crippen molar-refractivity contribution < 1.29 is 9.53 Å². The number of halogens is 1. The largest absolute Gasteiger partial charge is 0.380 e. The second-order valence-electron chi connectivity index (χ2n) is 4.63. The zero-order valence-electron chi connectivity index (χ0n) is 10.9. The van der Waals surface area contributed by atoms with Gasteiger partial charge in [0.1, 0.15) is 5.69 Å². The highest BCUT2D eigenvalue weighted by atomic mass is 79.9. The molecule has 0 spiro atoms. The van der Waals surface area contributed by atoms with Crippen LogP contribution >= 0.6 is 15.9 Å². The maximum atomic E-state index is 12.4. The van der Waals surface area contributed by atoms with E-state index in [4.69, 9.17) is 4.74 Å². The van der Waals surface area contributed by atoms with Gasteiger partial charge in [0.05, 0.1) is 6.10 Å². The molecule has 0 saturated carbocycles. The van der Waals surface area contributed by atoms with Gasteiger partial charge in [0, 0.05) is 37.4 Å². The number of hydrogen-bond donors (Lipinski definition) is 0. The summed E-state index contributed by atoms with van der Waals surface area (Å²) in [5.41, 5.74) is 0.764. The van der Waals surface area contributed by atoms with Crippen LogP contribution < -0.4 is 0 Å². The van der Waals surface area contributed by atoms with Gasteiger partial charge in [-0.15, -0.1) is 0 Å². The van der Waals surface area contributed by atoms with E-state index in [9.17, 15) is 4.79 Å². The fourth-order valence-corrected chi connectivity index (χ4v) is 2.81. The summed E-state index contributed by atoms with van der Waals surface area (Å²) in [5, 5.41) is 0. The topological polar surface area (TPSA) is 34.5 Å². The summed E-state index contributed by atoms with van der Waals surface area (Å²) >= 11 is 3.44. The Labute approximate surface area is 116 Å². The number of nitrogens with zero attached hydrogens (tertiary/aromatic N) is 2. The Hall–Kier alpha value is -0.810. The number of aryl methyl sites for hydroxylation is 1. The first-order chi connectivity index (χ1) is 8.65. The molecule has 1 fully saturated rings. The third-order valence-corrected chi connectivity index (χ3v) is 3.75. The molecular formula is C13H19BrN2O2. The van der Waals surface area contributed by atoms with Crippen LogP contribution in [0.15, 0.2) is 16.7 Å². The van der Waals surface area contributed by atoms with E-state index >= 15 is 0 Å². The van der Waals surface area contributed by atoms with Gasteiger partial charge < -0.3 is 14.2 Å². The molecule has 1 aliphatic heterocycles. The van der Waals surface area contributed by atoms with E-state index in [1.165, 1.54) is 0 Å².